The van der Waals surface area contributed by atoms with Gasteiger partial charge in [0.15, 0.2) is 0 Å². The Morgan fingerprint density at radius 2 is 1.24 bits per heavy atom. The summed E-state index contributed by atoms with van der Waals surface area (Å²) in [6, 6.07) is 19.0. The normalized spacial score (nSPS) is 16.4. The molecule has 2 aromatic carbocycles. The molecule has 1 aliphatic rings. The molecule has 2 N–H and O–H groups in total. The van der Waals surface area contributed by atoms with Gasteiger partial charge in [0.05, 0.1) is 0 Å². The quantitative estimate of drug-likeness (QED) is 0.842. The Morgan fingerprint density at radius 3 is 1.62 bits per heavy atom. The number of benzene rings is 2. The number of carbonyl (C=O) groups excluding carboxylic acids is 2. The number of rotatable bonds is 4. The van der Waals surface area contributed by atoms with E-state index in [1.165, 1.54) is 0 Å². The summed E-state index contributed by atoms with van der Waals surface area (Å²) in [6.07, 6.45) is 0.945. The summed E-state index contributed by atoms with van der Waals surface area (Å²) in [5.41, 5.74) is 1.12. The molecule has 4 nitrogen and oxygen atoms in total. The van der Waals surface area contributed by atoms with Crippen LogP contribution >= 0.6 is 0 Å². The molecule has 106 valence electrons. The van der Waals surface area contributed by atoms with E-state index in [1.807, 2.05) is 60.7 Å². The summed E-state index contributed by atoms with van der Waals surface area (Å²) in [4.78, 5) is 23.9. The van der Waals surface area contributed by atoms with Crippen LogP contribution in [0.25, 0.3) is 0 Å². The number of carbonyl (C=O) groups is 2. The molecule has 0 saturated carbocycles. The van der Waals surface area contributed by atoms with Gasteiger partial charge >= 0.3 is 6.03 Å². The van der Waals surface area contributed by atoms with Gasteiger partial charge in [-0.15, -0.1) is 0 Å². The van der Waals surface area contributed by atoms with Crippen LogP contribution in [-0.2, 0) is 17.6 Å². The first-order chi connectivity index (χ1) is 10.2. The molecule has 0 bridgehead atoms. The zero-order valence-corrected chi connectivity index (χ0v) is 11.5. The maximum Gasteiger partial charge on any atom is 0.322 e. The maximum atomic E-state index is 12.3. The van der Waals surface area contributed by atoms with E-state index in [0.717, 1.165) is 11.1 Å². The molecule has 3 rings (SSSR count). The second-order valence-electron chi connectivity index (χ2n) is 5.32. The molecule has 1 heterocycles. The van der Waals surface area contributed by atoms with Crippen LogP contribution in [0, 0.1) is 0 Å². The predicted molar refractivity (Wildman–Crippen MR) is 79.7 cm³/mol. The SMILES string of the molecule is O=C1NC(=O)C(Cc2ccccc2)(Cc2ccccc2)N1. The minimum atomic E-state index is -0.917. The van der Waals surface area contributed by atoms with Crippen molar-refractivity contribution in [2.24, 2.45) is 0 Å². The van der Waals surface area contributed by atoms with Crippen LogP contribution in [0.3, 0.4) is 0 Å². The highest BCUT2D eigenvalue weighted by Crippen LogP contribution is 2.22. The second kappa shape index (κ2) is 5.40. The molecule has 0 unspecified atom stereocenters. The first-order valence-corrected chi connectivity index (χ1v) is 6.89. The second-order valence-corrected chi connectivity index (χ2v) is 5.32. The van der Waals surface area contributed by atoms with Gasteiger partial charge in [0, 0.05) is 12.8 Å². The molecule has 0 aliphatic carbocycles. The Balaban J connectivity index is 1.92. The van der Waals surface area contributed by atoms with E-state index in [-0.39, 0.29) is 5.91 Å². The van der Waals surface area contributed by atoms with E-state index < -0.39 is 11.6 Å². The summed E-state index contributed by atoms with van der Waals surface area (Å²) in [6.45, 7) is 0. The highest BCUT2D eigenvalue weighted by Gasteiger charge is 2.46. The first kappa shape index (κ1) is 13.4. The summed E-state index contributed by atoms with van der Waals surface area (Å²) in [5, 5.41) is 5.17. The van der Waals surface area contributed by atoms with E-state index in [1.54, 1.807) is 0 Å². The molecule has 2 aromatic rings. The van der Waals surface area contributed by atoms with Gasteiger partial charge in [-0.2, -0.15) is 0 Å². The third-order valence-corrected chi connectivity index (χ3v) is 3.71. The van der Waals surface area contributed by atoms with Crippen molar-refractivity contribution in [3.63, 3.8) is 0 Å². The third-order valence-electron chi connectivity index (χ3n) is 3.71. The first-order valence-electron chi connectivity index (χ1n) is 6.89. The van der Waals surface area contributed by atoms with E-state index in [4.69, 9.17) is 0 Å². The highest BCUT2D eigenvalue weighted by atomic mass is 16.2. The van der Waals surface area contributed by atoms with Crippen molar-refractivity contribution in [1.29, 1.82) is 0 Å². The largest absolute Gasteiger partial charge is 0.323 e. The van der Waals surface area contributed by atoms with E-state index in [2.05, 4.69) is 10.6 Å². The molecule has 1 saturated heterocycles. The van der Waals surface area contributed by atoms with Gasteiger partial charge in [0.1, 0.15) is 5.54 Å². The lowest BCUT2D eigenvalue weighted by Gasteiger charge is -2.26. The Labute approximate surface area is 123 Å². The van der Waals surface area contributed by atoms with Crippen LogP contribution in [-0.4, -0.2) is 17.5 Å². The number of hydrogen-bond donors (Lipinski definition) is 2. The van der Waals surface area contributed by atoms with Crippen molar-refractivity contribution < 1.29 is 9.59 Å². The number of hydrogen-bond acceptors (Lipinski definition) is 2. The van der Waals surface area contributed by atoms with Gasteiger partial charge in [0.25, 0.3) is 5.91 Å². The lowest BCUT2D eigenvalue weighted by Crippen LogP contribution is -2.50. The van der Waals surface area contributed by atoms with Crippen molar-refractivity contribution in [2.75, 3.05) is 0 Å². The van der Waals surface area contributed by atoms with E-state index >= 15 is 0 Å². The van der Waals surface area contributed by atoms with Crippen LogP contribution in [0.1, 0.15) is 11.1 Å². The Kier molecular flexibility index (Phi) is 3.44. The maximum absolute atomic E-state index is 12.3. The Hall–Kier alpha value is -2.62. The molecule has 4 heteroatoms. The lowest BCUT2D eigenvalue weighted by molar-refractivity contribution is -0.123. The smallest absolute Gasteiger partial charge is 0.322 e. The molecule has 1 aliphatic heterocycles. The summed E-state index contributed by atoms with van der Waals surface area (Å²) < 4.78 is 0. The van der Waals surface area contributed by atoms with Gasteiger partial charge in [-0.25, -0.2) is 4.79 Å². The number of imide groups is 1. The molecule has 1 fully saturated rings. The molecule has 3 amide bonds. The predicted octanol–water partition coefficient (Wildman–Crippen LogP) is 2.05. The molecule has 0 spiro atoms. The lowest BCUT2D eigenvalue weighted by atomic mass is 9.85. The standard InChI is InChI=1S/C17H16N2O2/c20-15-17(19-16(21)18-15,11-13-7-3-1-4-8-13)12-14-9-5-2-6-10-14/h1-10H,11-12H2,(H2,18,19,20,21). The zero-order chi connectivity index (χ0) is 14.7. The van der Waals surface area contributed by atoms with Crippen LogP contribution < -0.4 is 10.6 Å². The molecule has 0 aromatic heterocycles. The molecule has 21 heavy (non-hydrogen) atoms. The van der Waals surface area contributed by atoms with Crippen LogP contribution in [0.15, 0.2) is 60.7 Å². The van der Waals surface area contributed by atoms with Crippen LogP contribution in [0.2, 0.25) is 0 Å². The van der Waals surface area contributed by atoms with Crippen molar-refractivity contribution in [3.05, 3.63) is 71.8 Å². The summed E-state index contributed by atoms with van der Waals surface area (Å²) in [5.74, 6) is -0.264. The minimum Gasteiger partial charge on any atom is -0.323 e. The summed E-state index contributed by atoms with van der Waals surface area (Å²) in [7, 11) is 0. The third kappa shape index (κ3) is 2.79. The number of nitrogens with one attached hydrogen (secondary N) is 2. The Morgan fingerprint density at radius 1 is 0.762 bits per heavy atom. The van der Waals surface area contributed by atoms with Crippen LogP contribution in [0.4, 0.5) is 4.79 Å². The van der Waals surface area contributed by atoms with Crippen molar-refractivity contribution >= 4 is 11.9 Å². The van der Waals surface area contributed by atoms with Gasteiger partial charge in [0.2, 0.25) is 0 Å². The summed E-state index contributed by atoms with van der Waals surface area (Å²) >= 11 is 0. The average Bonchev–Trinajstić information content (AvgIpc) is 2.75. The fraction of sp³-hybridized carbons (Fsp3) is 0.176. The van der Waals surface area contributed by atoms with Gasteiger partial charge in [-0.3, -0.25) is 10.1 Å². The molecule has 0 atom stereocenters. The fourth-order valence-electron chi connectivity index (χ4n) is 2.73. The molecule has 0 radical (unpaired) electrons. The van der Waals surface area contributed by atoms with E-state index in [0.29, 0.717) is 12.8 Å². The molecular formula is C17H16N2O2. The number of urea groups is 1. The topological polar surface area (TPSA) is 58.2 Å². The monoisotopic (exact) mass is 280 g/mol. The Bertz CT molecular complexity index is 612. The minimum absolute atomic E-state index is 0.264. The van der Waals surface area contributed by atoms with Crippen molar-refractivity contribution in [2.45, 2.75) is 18.4 Å². The zero-order valence-electron chi connectivity index (χ0n) is 11.5. The van der Waals surface area contributed by atoms with Gasteiger partial charge < -0.3 is 5.32 Å². The van der Waals surface area contributed by atoms with Gasteiger partial charge in [-0.05, 0) is 11.1 Å². The van der Waals surface area contributed by atoms with Crippen molar-refractivity contribution in [3.8, 4) is 0 Å². The average molecular weight is 280 g/mol. The highest BCUT2D eigenvalue weighted by molar-refractivity contribution is 6.07. The van der Waals surface area contributed by atoms with Gasteiger partial charge in [-0.1, -0.05) is 60.7 Å². The van der Waals surface area contributed by atoms with Crippen LogP contribution in [0.5, 0.6) is 0 Å². The number of amides is 3. The van der Waals surface area contributed by atoms with Crippen molar-refractivity contribution in [1.82, 2.24) is 10.6 Å². The molecular weight excluding hydrogens is 264 g/mol. The fourth-order valence-corrected chi connectivity index (χ4v) is 2.73. The van der Waals surface area contributed by atoms with E-state index in [9.17, 15) is 9.59 Å².